The number of nitrogens with zero attached hydrogens (tertiary/aromatic N) is 1. The van der Waals surface area contributed by atoms with Crippen LogP contribution in [0.3, 0.4) is 0 Å². The third-order valence-electron chi connectivity index (χ3n) is 3.75. The summed E-state index contributed by atoms with van der Waals surface area (Å²) in [6, 6.07) is 0. The molecule has 2 N–H and O–H groups in total. The second-order valence-corrected chi connectivity index (χ2v) is 4.98. The first kappa shape index (κ1) is 13.3. The van der Waals surface area contributed by atoms with E-state index in [9.17, 15) is 9.59 Å². The van der Waals surface area contributed by atoms with Crippen molar-refractivity contribution in [1.29, 1.82) is 0 Å². The van der Waals surface area contributed by atoms with Gasteiger partial charge in [-0.25, -0.2) is 0 Å². The van der Waals surface area contributed by atoms with Crippen LogP contribution >= 0.6 is 0 Å². The Bertz CT molecular complexity index is 341. The van der Waals surface area contributed by atoms with Crippen molar-refractivity contribution in [2.45, 2.75) is 25.9 Å². The molecule has 1 unspecified atom stereocenters. The lowest BCUT2D eigenvalue weighted by molar-refractivity contribution is -0.149. The summed E-state index contributed by atoms with van der Waals surface area (Å²) >= 11 is 0. The van der Waals surface area contributed by atoms with E-state index in [4.69, 9.17) is 9.84 Å². The number of carbonyl (C=O) groups excluding carboxylic acids is 1. The SMILES string of the molecule is CCN1CCOC(CNC(=O)C2(C(=O)O)CC2)C1. The fourth-order valence-electron chi connectivity index (χ4n) is 2.23. The second kappa shape index (κ2) is 5.24. The van der Waals surface area contributed by atoms with Gasteiger partial charge in [-0.3, -0.25) is 14.5 Å². The third kappa shape index (κ3) is 2.64. The molecule has 2 rings (SSSR count). The summed E-state index contributed by atoms with van der Waals surface area (Å²) < 4.78 is 5.55. The van der Waals surface area contributed by atoms with Gasteiger partial charge in [0.2, 0.25) is 5.91 Å². The van der Waals surface area contributed by atoms with Gasteiger partial charge in [0.25, 0.3) is 0 Å². The smallest absolute Gasteiger partial charge is 0.319 e. The van der Waals surface area contributed by atoms with Gasteiger partial charge in [-0.05, 0) is 19.4 Å². The lowest BCUT2D eigenvalue weighted by Crippen LogP contribution is -2.49. The van der Waals surface area contributed by atoms with Gasteiger partial charge in [-0.15, -0.1) is 0 Å². The normalized spacial score (nSPS) is 26.6. The number of hydrogen-bond acceptors (Lipinski definition) is 4. The molecule has 2 fully saturated rings. The molecule has 6 nitrogen and oxygen atoms in total. The standard InChI is InChI=1S/C12H20N2O4/c1-2-14-5-6-18-9(8-14)7-13-10(15)12(3-4-12)11(16)17/h9H,2-8H2,1H3,(H,13,15)(H,16,17). The predicted octanol–water partition coefficient (Wildman–Crippen LogP) is -0.312. The van der Waals surface area contributed by atoms with Crippen LogP contribution in [0.4, 0.5) is 0 Å². The second-order valence-electron chi connectivity index (χ2n) is 4.98. The summed E-state index contributed by atoms with van der Waals surface area (Å²) in [5.74, 6) is -1.38. The molecule has 1 amide bonds. The van der Waals surface area contributed by atoms with Crippen LogP contribution in [0, 0.1) is 5.41 Å². The Hall–Kier alpha value is -1.14. The minimum Gasteiger partial charge on any atom is -0.480 e. The molecule has 2 aliphatic rings. The van der Waals surface area contributed by atoms with Crippen molar-refractivity contribution in [1.82, 2.24) is 10.2 Å². The number of ether oxygens (including phenoxy) is 1. The third-order valence-corrected chi connectivity index (χ3v) is 3.75. The lowest BCUT2D eigenvalue weighted by atomic mass is 10.1. The number of aliphatic carboxylic acids is 1. The highest BCUT2D eigenvalue weighted by molar-refractivity contribution is 6.04. The molecule has 1 heterocycles. The van der Waals surface area contributed by atoms with E-state index < -0.39 is 11.4 Å². The molecule has 0 bridgehead atoms. The van der Waals surface area contributed by atoms with Gasteiger partial charge in [0.05, 0.1) is 12.7 Å². The van der Waals surface area contributed by atoms with Gasteiger partial charge in [0, 0.05) is 19.6 Å². The van der Waals surface area contributed by atoms with Crippen LogP contribution in [0.25, 0.3) is 0 Å². The zero-order valence-electron chi connectivity index (χ0n) is 10.6. The van der Waals surface area contributed by atoms with E-state index in [1.54, 1.807) is 0 Å². The number of rotatable bonds is 5. The minimum atomic E-state index is -1.15. The van der Waals surface area contributed by atoms with E-state index in [1.165, 1.54) is 0 Å². The van der Waals surface area contributed by atoms with Crippen molar-refractivity contribution >= 4 is 11.9 Å². The highest BCUT2D eigenvalue weighted by atomic mass is 16.5. The molecule has 18 heavy (non-hydrogen) atoms. The monoisotopic (exact) mass is 256 g/mol. The van der Waals surface area contributed by atoms with Gasteiger partial charge in [0.15, 0.2) is 0 Å². The molecular weight excluding hydrogens is 236 g/mol. The molecule has 1 aliphatic carbocycles. The van der Waals surface area contributed by atoms with Gasteiger partial charge >= 0.3 is 5.97 Å². The fraction of sp³-hybridized carbons (Fsp3) is 0.833. The van der Waals surface area contributed by atoms with E-state index >= 15 is 0 Å². The van der Waals surface area contributed by atoms with Crippen molar-refractivity contribution < 1.29 is 19.4 Å². The average Bonchev–Trinajstić information content (AvgIpc) is 3.17. The van der Waals surface area contributed by atoms with E-state index in [0.717, 1.165) is 19.6 Å². The Kier molecular flexibility index (Phi) is 3.87. The molecule has 1 aliphatic heterocycles. The summed E-state index contributed by atoms with van der Waals surface area (Å²) in [5.41, 5.74) is -1.15. The predicted molar refractivity (Wildman–Crippen MR) is 64.2 cm³/mol. The average molecular weight is 256 g/mol. The number of carboxylic acid groups (broad SMARTS) is 1. The van der Waals surface area contributed by atoms with Gasteiger partial charge in [-0.1, -0.05) is 6.92 Å². The first-order valence-electron chi connectivity index (χ1n) is 6.44. The Morgan fingerprint density at radius 3 is 2.78 bits per heavy atom. The molecule has 0 aromatic rings. The molecule has 0 aromatic heterocycles. The molecule has 1 atom stereocenters. The number of morpholine rings is 1. The quantitative estimate of drug-likeness (QED) is 0.660. The molecule has 1 saturated carbocycles. The lowest BCUT2D eigenvalue weighted by Gasteiger charge is -2.32. The van der Waals surface area contributed by atoms with Crippen molar-refractivity contribution in [3.63, 3.8) is 0 Å². The Balaban J connectivity index is 1.78. The number of nitrogens with one attached hydrogen (secondary N) is 1. The van der Waals surface area contributed by atoms with Crippen molar-refractivity contribution in [3.05, 3.63) is 0 Å². The summed E-state index contributed by atoms with van der Waals surface area (Å²) in [4.78, 5) is 25.0. The molecule has 1 saturated heterocycles. The van der Waals surface area contributed by atoms with Crippen molar-refractivity contribution in [3.8, 4) is 0 Å². The van der Waals surface area contributed by atoms with Gasteiger partial charge < -0.3 is 15.2 Å². The maximum absolute atomic E-state index is 11.8. The topological polar surface area (TPSA) is 78.9 Å². The maximum atomic E-state index is 11.8. The zero-order chi connectivity index (χ0) is 13.2. The van der Waals surface area contributed by atoms with Crippen molar-refractivity contribution in [2.24, 2.45) is 5.41 Å². The molecule has 0 spiro atoms. The largest absolute Gasteiger partial charge is 0.480 e. The summed E-state index contributed by atoms with van der Waals surface area (Å²) in [5, 5.41) is 11.7. The molecule has 0 aromatic carbocycles. The van der Waals surface area contributed by atoms with Crippen LogP contribution in [0.15, 0.2) is 0 Å². The fourth-order valence-corrected chi connectivity index (χ4v) is 2.23. The number of carboxylic acids is 1. The minimum absolute atomic E-state index is 0.0350. The maximum Gasteiger partial charge on any atom is 0.319 e. The molecule has 102 valence electrons. The highest BCUT2D eigenvalue weighted by Crippen LogP contribution is 2.46. The van der Waals surface area contributed by atoms with Crippen LogP contribution < -0.4 is 5.32 Å². The van der Waals surface area contributed by atoms with Crippen LogP contribution in [0.5, 0.6) is 0 Å². The Morgan fingerprint density at radius 2 is 2.22 bits per heavy atom. The Morgan fingerprint density at radius 1 is 1.50 bits per heavy atom. The first-order valence-corrected chi connectivity index (χ1v) is 6.44. The van der Waals surface area contributed by atoms with E-state index in [2.05, 4.69) is 17.1 Å². The van der Waals surface area contributed by atoms with E-state index in [-0.39, 0.29) is 12.0 Å². The van der Waals surface area contributed by atoms with Gasteiger partial charge in [-0.2, -0.15) is 0 Å². The first-order chi connectivity index (χ1) is 8.58. The molecule has 6 heteroatoms. The number of hydrogen-bond donors (Lipinski definition) is 2. The van der Waals surface area contributed by atoms with E-state index in [1.807, 2.05) is 0 Å². The van der Waals surface area contributed by atoms with Crippen molar-refractivity contribution in [2.75, 3.05) is 32.8 Å². The van der Waals surface area contributed by atoms with E-state index in [0.29, 0.717) is 26.0 Å². The van der Waals surface area contributed by atoms with Crippen LogP contribution in [0.2, 0.25) is 0 Å². The Labute approximate surface area is 106 Å². The van der Waals surface area contributed by atoms with Crippen LogP contribution in [-0.4, -0.2) is 60.8 Å². The van der Waals surface area contributed by atoms with Crippen LogP contribution in [-0.2, 0) is 14.3 Å². The molecule has 0 radical (unpaired) electrons. The number of likely N-dealkylation sites (N-methyl/N-ethyl adjacent to an activating group) is 1. The molecular formula is C12H20N2O4. The zero-order valence-corrected chi connectivity index (χ0v) is 10.6. The summed E-state index contributed by atoms with van der Waals surface area (Å²) in [6.07, 6.45) is 0.855. The highest BCUT2D eigenvalue weighted by Gasteiger charge is 2.57. The summed E-state index contributed by atoms with van der Waals surface area (Å²) in [6.45, 7) is 5.82. The number of carbonyl (C=O) groups is 2. The summed E-state index contributed by atoms with van der Waals surface area (Å²) in [7, 11) is 0. The van der Waals surface area contributed by atoms with Crippen LogP contribution in [0.1, 0.15) is 19.8 Å². The number of amides is 1. The van der Waals surface area contributed by atoms with Gasteiger partial charge in [0.1, 0.15) is 5.41 Å².